The van der Waals surface area contributed by atoms with Crippen molar-refractivity contribution in [3.05, 3.63) is 76.9 Å². The first-order valence-corrected chi connectivity index (χ1v) is 10.4. The highest BCUT2D eigenvalue weighted by atomic mass is 35.5. The normalized spacial score (nSPS) is 15.1. The molecule has 31 heavy (non-hydrogen) atoms. The molecule has 2 aromatic carbocycles. The maximum Gasteiger partial charge on any atom is 0.324 e. The number of aromatic nitrogens is 2. The van der Waals surface area contributed by atoms with Gasteiger partial charge in [0, 0.05) is 25.7 Å². The maximum absolute atomic E-state index is 13.4. The first kappa shape index (κ1) is 21.3. The molecule has 0 spiro atoms. The standard InChI is InChI=1S/C22H22ClF2N5O/c23-17-3-1-2-4-20(17)27-22(31)28-21-7-10-26-30(21)16-8-11-29(12-9-16)14-15-5-6-18(24)19(25)13-15/h1-7,10,13,16H,8-9,11-12,14H2,(H2,27,28,31). The van der Waals surface area contributed by atoms with Gasteiger partial charge in [-0.15, -0.1) is 0 Å². The molecule has 2 heterocycles. The maximum atomic E-state index is 13.4. The van der Waals surface area contributed by atoms with Crippen molar-refractivity contribution in [2.24, 2.45) is 0 Å². The highest BCUT2D eigenvalue weighted by Gasteiger charge is 2.23. The Morgan fingerprint density at radius 3 is 2.58 bits per heavy atom. The van der Waals surface area contributed by atoms with E-state index in [1.807, 2.05) is 4.68 Å². The number of piperidine rings is 1. The van der Waals surface area contributed by atoms with E-state index in [0.29, 0.717) is 23.1 Å². The molecule has 6 nitrogen and oxygen atoms in total. The van der Waals surface area contributed by atoms with Crippen LogP contribution in [-0.2, 0) is 6.54 Å². The molecule has 0 radical (unpaired) electrons. The number of amides is 2. The van der Waals surface area contributed by atoms with Gasteiger partial charge in [-0.3, -0.25) is 10.2 Å². The number of likely N-dealkylation sites (tertiary alicyclic amines) is 1. The van der Waals surface area contributed by atoms with Crippen molar-refractivity contribution < 1.29 is 13.6 Å². The topological polar surface area (TPSA) is 62.2 Å². The number of benzene rings is 2. The molecule has 1 aromatic heterocycles. The fourth-order valence-corrected chi connectivity index (χ4v) is 3.94. The monoisotopic (exact) mass is 445 g/mol. The van der Waals surface area contributed by atoms with Gasteiger partial charge in [-0.05, 0) is 42.7 Å². The smallest absolute Gasteiger partial charge is 0.306 e. The number of nitrogens with zero attached hydrogens (tertiary/aromatic N) is 3. The zero-order valence-corrected chi connectivity index (χ0v) is 17.4. The molecular formula is C22H22ClF2N5O. The van der Waals surface area contributed by atoms with Gasteiger partial charge in [-0.2, -0.15) is 5.10 Å². The second-order valence-corrected chi connectivity index (χ2v) is 7.88. The van der Waals surface area contributed by atoms with Gasteiger partial charge in [-0.1, -0.05) is 29.8 Å². The van der Waals surface area contributed by atoms with Gasteiger partial charge >= 0.3 is 6.03 Å². The molecule has 1 aliphatic heterocycles. The predicted molar refractivity (Wildman–Crippen MR) is 116 cm³/mol. The van der Waals surface area contributed by atoms with Gasteiger partial charge in [0.2, 0.25) is 0 Å². The molecule has 0 aliphatic carbocycles. The summed E-state index contributed by atoms with van der Waals surface area (Å²) in [5, 5.41) is 10.4. The Bertz CT molecular complexity index is 1070. The van der Waals surface area contributed by atoms with Crippen molar-refractivity contribution >= 4 is 29.1 Å². The van der Waals surface area contributed by atoms with Crippen LogP contribution in [0.5, 0.6) is 0 Å². The first-order chi connectivity index (χ1) is 15.0. The molecule has 9 heteroatoms. The first-order valence-electron chi connectivity index (χ1n) is 10.0. The summed E-state index contributed by atoms with van der Waals surface area (Å²) >= 11 is 6.09. The van der Waals surface area contributed by atoms with Crippen LogP contribution in [0.4, 0.5) is 25.1 Å². The van der Waals surface area contributed by atoms with E-state index in [4.69, 9.17) is 11.6 Å². The molecule has 4 rings (SSSR count). The quantitative estimate of drug-likeness (QED) is 0.560. The number of anilines is 2. The number of hydrogen-bond acceptors (Lipinski definition) is 3. The Morgan fingerprint density at radius 2 is 1.84 bits per heavy atom. The van der Waals surface area contributed by atoms with Gasteiger partial charge in [0.25, 0.3) is 0 Å². The van der Waals surface area contributed by atoms with Gasteiger partial charge < -0.3 is 5.32 Å². The number of para-hydroxylation sites is 1. The van der Waals surface area contributed by atoms with E-state index in [1.165, 1.54) is 6.07 Å². The molecule has 1 fully saturated rings. The molecule has 2 N–H and O–H groups in total. The highest BCUT2D eigenvalue weighted by molar-refractivity contribution is 6.33. The third kappa shape index (κ3) is 5.21. The minimum absolute atomic E-state index is 0.131. The lowest BCUT2D eigenvalue weighted by Crippen LogP contribution is -2.35. The van der Waals surface area contributed by atoms with Crippen LogP contribution in [0.15, 0.2) is 54.7 Å². The molecule has 162 valence electrons. The average molecular weight is 446 g/mol. The summed E-state index contributed by atoms with van der Waals surface area (Å²) in [4.78, 5) is 14.6. The summed E-state index contributed by atoms with van der Waals surface area (Å²) in [5.74, 6) is -1.06. The third-order valence-electron chi connectivity index (χ3n) is 5.33. The molecule has 1 saturated heterocycles. The van der Waals surface area contributed by atoms with E-state index in [0.717, 1.165) is 37.6 Å². The van der Waals surface area contributed by atoms with Crippen LogP contribution in [0.3, 0.4) is 0 Å². The van der Waals surface area contributed by atoms with Crippen molar-refractivity contribution in [2.75, 3.05) is 23.7 Å². The van der Waals surface area contributed by atoms with E-state index >= 15 is 0 Å². The number of nitrogens with one attached hydrogen (secondary N) is 2. The summed E-state index contributed by atoms with van der Waals surface area (Å²) in [5.41, 5.74) is 1.27. The lowest BCUT2D eigenvalue weighted by Gasteiger charge is -2.32. The Morgan fingerprint density at radius 1 is 1.06 bits per heavy atom. The van der Waals surface area contributed by atoms with E-state index in [2.05, 4.69) is 20.6 Å². The van der Waals surface area contributed by atoms with Crippen LogP contribution in [0, 0.1) is 11.6 Å². The van der Waals surface area contributed by atoms with Crippen molar-refractivity contribution in [3.8, 4) is 0 Å². The zero-order valence-electron chi connectivity index (χ0n) is 16.7. The number of carbonyl (C=O) groups is 1. The second-order valence-electron chi connectivity index (χ2n) is 7.48. The van der Waals surface area contributed by atoms with Gasteiger partial charge in [-0.25, -0.2) is 18.3 Å². The van der Waals surface area contributed by atoms with Crippen LogP contribution in [0.1, 0.15) is 24.4 Å². The van der Waals surface area contributed by atoms with Crippen molar-refractivity contribution in [3.63, 3.8) is 0 Å². The summed E-state index contributed by atoms with van der Waals surface area (Å²) in [6.45, 7) is 2.14. The zero-order chi connectivity index (χ0) is 21.8. The Labute approximate surface area is 183 Å². The minimum atomic E-state index is -0.834. The summed E-state index contributed by atoms with van der Waals surface area (Å²) in [6, 6.07) is 12.5. The summed E-state index contributed by atoms with van der Waals surface area (Å²) in [7, 11) is 0. The number of halogens is 3. The van der Waals surface area contributed by atoms with Crippen molar-refractivity contribution in [1.29, 1.82) is 0 Å². The van der Waals surface area contributed by atoms with Gasteiger partial charge in [0.1, 0.15) is 5.82 Å². The average Bonchev–Trinajstić information content (AvgIpc) is 3.21. The highest BCUT2D eigenvalue weighted by Crippen LogP contribution is 2.27. The lowest BCUT2D eigenvalue weighted by molar-refractivity contribution is 0.174. The molecule has 0 bridgehead atoms. The minimum Gasteiger partial charge on any atom is -0.306 e. The van der Waals surface area contributed by atoms with Gasteiger partial charge in [0.15, 0.2) is 11.6 Å². The fraction of sp³-hybridized carbons (Fsp3) is 0.273. The SMILES string of the molecule is O=C(Nc1ccccc1Cl)Nc1ccnn1C1CCN(Cc2ccc(F)c(F)c2)CC1. The lowest BCUT2D eigenvalue weighted by atomic mass is 10.0. The third-order valence-corrected chi connectivity index (χ3v) is 5.66. The molecule has 0 saturated carbocycles. The summed E-state index contributed by atoms with van der Waals surface area (Å²) < 4.78 is 28.4. The van der Waals surface area contributed by atoms with Gasteiger partial charge in [0.05, 0.1) is 22.9 Å². The van der Waals surface area contributed by atoms with Crippen LogP contribution < -0.4 is 10.6 Å². The molecule has 3 aromatic rings. The van der Waals surface area contributed by atoms with E-state index in [-0.39, 0.29) is 6.04 Å². The molecule has 2 amide bonds. The van der Waals surface area contributed by atoms with E-state index in [9.17, 15) is 13.6 Å². The second kappa shape index (κ2) is 9.45. The Balaban J connectivity index is 1.33. The number of carbonyl (C=O) groups excluding carboxylic acids is 1. The van der Waals surface area contributed by atoms with E-state index in [1.54, 1.807) is 42.6 Å². The molecule has 0 atom stereocenters. The fourth-order valence-electron chi connectivity index (χ4n) is 3.75. The van der Waals surface area contributed by atoms with Crippen LogP contribution in [0.25, 0.3) is 0 Å². The van der Waals surface area contributed by atoms with Crippen molar-refractivity contribution in [1.82, 2.24) is 14.7 Å². The number of urea groups is 1. The molecule has 0 unspecified atom stereocenters. The van der Waals surface area contributed by atoms with Crippen LogP contribution in [0.2, 0.25) is 5.02 Å². The molecular weight excluding hydrogens is 424 g/mol. The Kier molecular flexibility index (Phi) is 6.48. The predicted octanol–water partition coefficient (Wildman–Crippen LogP) is 5.30. The Hall–Kier alpha value is -2.97. The van der Waals surface area contributed by atoms with Crippen LogP contribution in [-0.4, -0.2) is 33.8 Å². The molecule has 1 aliphatic rings. The van der Waals surface area contributed by atoms with Crippen LogP contribution >= 0.6 is 11.6 Å². The number of hydrogen-bond donors (Lipinski definition) is 2. The largest absolute Gasteiger partial charge is 0.324 e. The number of rotatable bonds is 5. The summed E-state index contributed by atoms with van der Waals surface area (Å²) in [6.07, 6.45) is 3.30. The van der Waals surface area contributed by atoms with Crippen molar-refractivity contribution in [2.45, 2.75) is 25.4 Å². The van der Waals surface area contributed by atoms with E-state index < -0.39 is 17.7 Å².